The van der Waals surface area contributed by atoms with Gasteiger partial charge in [-0.1, -0.05) is 55.5 Å². The van der Waals surface area contributed by atoms with Gasteiger partial charge in [0.25, 0.3) is 0 Å². The number of ether oxygens (including phenoxy) is 1. The smallest absolute Gasteiger partial charge is 0.332 e. The van der Waals surface area contributed by atoms with Gasteiger partial charge in [-0.2, -0.15) is 0 Å². The normalized spacial score (nSPS) is 14.8. The number of likely N-dealkylation sites (tertiary alicyclic amines) is 1. The third-order valence-electron chi connectivity index (χ3n) is 5.95. The van der Waals surface area contributed by atoms with Crippen molar-refractivity contribution in [3.63, 3.8) is 0 Å². The molecule has 0 aliphatic carbocycles. The molecular formula is C28H34N2O7. The van der Waals surface area contributed by atoms with E-state index < -0.39 is 17.5 Å². The fraction of sp³-hybridized carbons (Fsp3) is 0.357. The summed E-state index contributed by atoms with van der Waals surface area (Å²) in [5.41, 5.74) is 1.04. The number of rotatable bonds is 9. The Balaban J connectivity index is 0.000000521. The molecule has 1 fully saturated rings. The number of aliphatic carboxylic acids is 2. The maximum Gasteiger partial charge on any atom is 0.332 e. The molecule has 0 unspecified atom stereocenters. The molecule has 37 heavy (non-hydrogen) atoms. The highest BCUT2D eigenvalue weighted by molar-refractivity contribution is 6.02. The van der Waals surface area contributed by atoms with Crippen LogP contribution < -0.4 is 4.90 Å². The van der Waals surface area contributed by atoms with Gasteiger partial charge < -0.3 is 14.9 Å². The lowest BCUT2D eigenvalue weighted by Crippen LogP contribution is -2.62. The topological polar surface area (TPSA) is 124 Å². The van der Waals surface area contributed by atoms with Crippen LogP contribution in [-0.4, -0.2) is 64.2 Å². The molecule has 0 saturated carbocycles. The lowest BCUT2D eigenvalue weighted by molar-refractivity contribution is -0.153. The van der Waals surface area contributed by atoms with Crippen molar-refractivity contribution in [3.05, 3.63) is 78.4 Å². The van der Waals surface area contributed by atoms with Crippen molar-refractivity contribution in [2.75, 3.05) is 24.6 Å². The maximum atomic E-state index is 13.2. The van der Waals surface area contributed by atoms with Gasteiger partial charge in [0.05, 0.1) is 6.61 Å². The second-order valence-corrected chi connectivity index (χ2v) is 8.44. The largest absolute Gasteiger partial charge is 0.478 e. The predicted octanol–water partition coefficient (Wildman–Crippen LogP) is 3.74. The molecule has 2 N–H and O–H groups in total. The van der Waals surface area contributed by atoms with E-state index >= 15 is 0 Å². The average molecular weight is 511 g/mol. The Hall–Kier alpha value is -3.98. The van der Waals surface area contributed by atoms with Crippen molar-refractivity contribution >= 4 is 29.5 Å². The highest BCUT2D eigenvalue weighted by Gasteiger charge is 2.50. The van der Waals surface area contributed by atoms with Crippen molar-refractivity contribution in [1.29, 1.82) is 0 Å². The number of carboxylic acid groups (broad SMARTS) is 2. The minimum Gasteiger partial charge on any atom is -0.478 e. The summed E-state index contributed by atoms with van der Waals surface area (Å²) in [4.78, 5) is 49.3. The zero-order chi connectivity index (χ0) is 27.3. The van der Waals surface area contributed by atoms with Gasteiger partial charge >= 0.3 is 17.9 Å². The standard InChI is InChI=1S/C24H30N2O3.C4H4O4/c1-3-22(27)26(21-13-9-6-10-14-21)24(23(28)29-4-2)15-17-25(18-16-24)19-20-11-7-5-8-12-20;5-3(6)1-2-4(7)8/h5-14H,3-4,15-19H2,1-2H3;1-2H,(H,5,6)(H,7,8). The summed E-state index contributed by atoms with van der Waals surface area (Å²) < 4.78 is 5.48. The molecule has 2 aromatic carbocycles. The molecule has 1 aliphatic rings. The van der Waals surface area contributed by atoms with Crippen LogP contribution in [0.15, 0.2) is 72.8 Å². The van der Waals surface area contributed by atoms with Crippen molar-refractivity contribution < 1.29 is 34.1 Å². The van der Waals surface area contributed by atoms with Gasteiger partial charge in [-0.25, -0.2) is 14.4 Å². The Bertz CT molecular complexity index is 1050. The molecule has 198 valence electrons. The van der Waals surface area contributed by atoms with E-state index in [-0.39, 0.29) is 11.9 Å². The van der Waals surface area contributed by atoms with Gasteiger partial charge in [0, 0.05) is 43.9 Å². The molecule has 2 aromatic rings. The number of nitrogens with zero attached hydrogens (tertiary/aromatic N) is 2. The molecule has 1 aliphatic heterocycles. The third kappa shape index (κ3) is 8.57. The van der Waals surface area contributed by atoms with Crippen molar-refractivity contribution in [3.8, 4) is 0 Å². The number of esters is 1. The second-order valence-electron chi connectivity index (χ2n) is 8.44. The Morgan fingerprint density at radius 3 is 1.86 bits per heavy atom. The number of benzene rings is 2. The number of hydrogen-bond acceptors (Lipinski definition) is 6. The number of carboxylic acids is 2. The first-order chi connectivity index (χ1) is 17.7. The van der Waals surface area contributed by atoms with Crippen LogP contribution in [0.25, 0.3) is 0 Å². The van der Waals surface area contributed by atoms with Crippen LogP contribution in [0.5, 0.6) is 0 Å². The second kappa shape index (κ2) is 14.5. The third-order valence-corrected chi connectivity index (χ3v) is 5.95. The minimum absolute atomic E-state index is 0.0548. The number of carbonyl (C=O) groups excluding carboxylic acids is 2. The lowest BCUT2D eigenvalue weighted by atomic mass is 9.84. The van der Waals surface area contributed by atoms with E-state index in [1.54, 1.807) is 4.90 Å². The van der Waals surface area contributed by atoms with Crippen LogP contribution in [0.1, 0.15) is 38.7 Å². The number of carbonyl (C=O) groups is 4. The molecule has 1 saturated heterocycles. The summed E-state index contributed by atoms with van der Waals surface area (Å²) in [6.07, 6.45) is 2.56. The van der Waals surface area contributed by atoms with Crippen LogP contribution in [-0.2, 0) is 30.5 Å². The van der Waals surface area contributed by atoms with E-state index in [1.807, 2.05) is 62.4 Å². The van der Waals surface area contributed by atoms with Crippen molar-refractivity contribution in [1.82, 2.24) is 4.90 Å². The molecule has 0 aromatic heterocycles. The predicted molar refractivity (Wildman–Crippen MR) is 139 cm³/mol. The average Bonchev–Trinajstić information content (AvgIpc) is 2.90. The number of piperidine rings is 1. The van der Waals surface area contributed by atoms with Crippen LogP contribution in [0.2, 0.25) is 0 Å². The molecular weight excluding hydrogens is 476 g/mol. The summed E-state index contributed by atoms with van der Waals surface area (Å²) >= 11 is 0. The van der Waals surface area contributed by atoms with E-state index in [4.69, 9.17) is 14.9 Å². The highest BCUT2D eigenvalue weighted by atomic mass is 16.5. The Kier molecular flexibility index (Phi) is 11.5. The van der Waals surface area contributed by atoms with Crippen LogP contribution in [0.3, 0.4) is 0 Å². The van der Waals surface area contributed by atoms with Crippen molar-refractivity contribution in [2.45, 2.75) is 45.2 Å². The van der Waals surface area contributed by atoms with E-state index in [1.165, 1.54) is 5.56 Å². The lowest BCUT2D eigenvalue weighted by Gasteiger charge is -2.46. The maximum absolute atomic E-state index is 13.2. The zero-order valence-corrected chi connectivity index (χ0v) is 21.2. The van der Waals surface area contributed by atoms with Gasteiger partial charge in [0.15, 0.2) is 0 Å². The van der Waals surface area contributed by atoms with E-state index in [9.17, 15) is 19.2 Å². The number of hydrogen-bond donors (Lipinski definition) is 2. The van der Waals surface area contributed by atoms with Crippen LogP contribution >= 0.6 is 0 Å². The number of amides is 1. The first-order valence-corrected chi connectivity index (χ1v) is 12.2. The molecule has 0 radical (unpaired) electrons. The van der Waals surface area contributed by atoms with Gasteiger partial charge in [-0.3, -0.25) is 14.6 Å². The Labute approximate surface area is 217 Å². The summed E-state index contributed by atoms with van der Waals surface area (Å²) in [7, 11) is 0. The first kappa shape index (κ1) is 29.3. The molecule has 0 bridgehead atoms. The molecule has 9 heteroatoms. The Morgan fingerprint density at radius 2 is 1.41 bits per heavy atom. The van der Waals surface area contributed by atoms with Gasteiger partial charge in [-0.15, -0.1) is 0 Å². The van der Waals surface area contributed by atoms with Crippen LogP contribution in [0.4, 0.5) is 5.69 Å². The van der Waals surface area contributed by atoms with E-state index in [0.717, 1.165) is 25.3 Å². The molecule has 1 heterocycles. The van der Waals surface area contributed by atoms with Crippen molar-refractivity contribution in [2.24, 2.45) is 0 Å². The number of anilines is 1. The first-order valence-electron chi connectivity index (χ1n) is 12.2. The SMILES string of the molecule is CCOC(=O)C1(N(C(=O)CC)c2ccccc2)CCN(Cc2ccccc2)CC1.O=C(O)C=CC(=O)O. The minimum atomic E-state index is -1.26. The Morgan fingerprint density at radius 1 is 0.892 bits per heavy atom. The number of para-hydroxylation sites is 1. The molecule has 1 amide bonds. The van der Waals surface area contributed by atoms with Gasteiger partial charge in [0.1, 0.15) is 5.54 Å². The summed E-state index contributed by atoms with van der Waals surface area (Å²) in [5, 5.41) is 15.6. The summed E-state index contributed by atoms with van der Waals surface area (Å²) in [6.45, 7) is 6.25. The van der Waals surface area contributed by atoms with Gasteiger partial charge in [-0.05, 0) is 37.5 Å². The quantitative estimate of drug-likeness (QED) is 0.386. The molecule has 9 nitrogen and oxygen atoms in total. The monoisotopic (exact) mass is 510 g/mol. The molecule has 0 spiro atoms. The molecule has 0 atom stereocenters. The fourth-order valence-corrected chi connectivity index (χ4v) is 4.21. The molecule has 3 rings (SSSR count). The highest BCUT2D eigenvalue weighted by Crippen LogP contribution is 2.35. The van der Waals surface area contributed by atoms with E-state index in [2.05, 4.69) is 17.0 Å². The van der Waals surface area contributed by atoms with E-state index in [0.29, 0.717) is 38.0 Å². The summed E-state index contributed by atoms with van der Waals surface area (Å²) in [5.74, 6) is -2.87. The zero-order valence-electron chi connectivity index (χ0n) is 21.2. The summed E-state index contributed by atoms with van der Waals surface area (Å²) in [6, 6.07) is 19.8. The fourth-order valence-electron chi connectivity index (χ4n) is 4.21. The van der Waals surface area contributed by atoms with Gasteiger partial charge in [0.2, 0.25) is 5.91 Å². The van der Waals surface area contributed by atoms with Crippen LogP contribution in [0, 0.1) is 0 Å².